The van der Waals surface area contributed by atoms with Gasteiger partial charge in [0.2, 0.25) is 5.88 Å². The van der Waals surface area contributed by atoms with Crippen LogP contribution >= 0.6 is 0 Å². The van der Waals surface area contributed by atoms with E-state index in [1.165, 1.54) is 9.13 Å². The molecular formula is C22H34N6O4. The highest BCUT2D eigenvalue weighted by atomic mass is 16.3. The average molecular weight is 447 g/mol. The van der Waals surface area contributed by atoms with E-state index in [-0.39, 0.29) is 35.1 Å². The standard InChI is InChI=1S/C22H34N6O4/c1-4-5-10-27-17(29)15(16(23)24)18(30)28(20(27)32)14-6-8-21(9-7-14)11-22(12-21)13-25(2)19(31)26(22)3/h14,29H,4-13H2,1-3H3,(H3,23,24). The first-order valence-corrected chi connectivity index (χ1v) is 11.5. The van der Waals surface area contributed by atoms with E-state index in [9.17, 15) is 19.5 Å². The zero-order valence-electron chi connectivity index (χ0n) is 19.2. The van der Waals surface area contributed by atoms with Gasteiger partial charge < -0.3 is 20.6 Å². The Balaban J connectivity index is 1.57. The summed E-state index contributed by atoms with van der Waals surface area (Å²) in [7, 11) is 3.71. The van der Waals surface area contributed by atoms with E-state index in [0.29, 0.717) is 19.3 Å². The lowest BCUT2D eigenvalue weighted by molar-refractivity contribution is -0.0659. The van der Waals surface area contributed by atoms with Crippen LogP contribution in [0, 0.1) is 10.8 Å². The van der Waals surface area contributed by atoms with Crippen molar-refractivity contribution in [2.24, 2.45) is 11.1 Å². The van der Waals surface area contributed by atoms with Gasteiger partial charge in [-0.1, -0.05) is 13.3 Å². The molecule has 3 fully saturated rings. The number of carbonyl (C=O) groups is 1. The summed E-state index contributed by atoms with van der Waals surface area (Å²) < 4.78 is 2.39. The molecule has 1 saturated heterocycles. The number of aromatic nitrogens is 2. The maximum Gasteiger partial charge on any atom is 0.334 e. The molecule has 2 saturated carbocycles. The number of urea groups is 1. The Morgan fingerprint density at radius 1 is 1.19 bits per heavy atom. The van der Waals surface area contributed by atoms with Crippen molar-refractivity contribution in [3.05, 3.63) is 26.4 Å². The number of likely N-dealkylation sites (N-methyl/N-ethyl adjacent to an activating group) is 2. The average Bonchev–Trinajstić information content (AvgIpc) is 2.92. The lowest BCUT2D eigenvalue weighted by atomic mass is 9.51. The predicted octanol–water partition coefficient (Wildman–Crippen LogP) is 1.43. The molecule has 10 nitrogen and oxygen atoms in total. The summed E-state index contributed by atoms with van der Waals surface area (Å²) >= 11 is 0. The van der Waals surface area contributed by atoms with Gasteiger partial charge in [-0.2, -0.15) is 0 Å². The van der Waals surface area contributed by atoms with E-state index in [1.807, 2.05) is 25.9 Å². The molecule has 4 N–H and O–H groups in total. The Labute approximate surface area is 187 Å². The number of rotatable bonds is 5. The summed E-state index contributed by atoms with van der Waals surface area (Å²) in [5, 5.41) is 18.2. The summed E-state index contributed by atoms with van der Waals surface area (Å²) in [5.41, 5.74) is 4.14. The van der Waals surface area contributed by atoms with Crippen molar-refractivity contribution in [1.29, 1.82) is 5.41 Å². The quantitative estimate of drug-likeness (QED) is 0.464. The van der Waals surface area contributed by atoms with Crippen LogP contribution < -0.4 is 17.0 Å². The SMILES string of the molecule is CCCCn1c(O)c(C(=N)N)c(=O)n(C2CCC3(CC2)CC2(CN(C)C(=O)N2C)C3)c1=O. The highest BCUT2D eigenvalue weighted by Gasteiger charge is 2.61. The third-order valence-electron chi connectivity index (χ3n) is 8.00. The Kier molecular flexibility index (Phi) is 5.37. The van der Waals surface area contributed by atoms with Crippen molar-refractivity contribution in [3.8, 4) is 5.88 Å². The molecule has 176 valence electrons. The molecule has 1 aliphatic heterocycles. The Morgan fingerprint density at radius 2 is 1.81 bits per heavy atom. The van der Waals surface area contributed by atoms with E-state index in [1.54, 1.807) is 4.90 Å². The molecule has 32 heavy (non-hydrogen) atoms. The van der Waals surface area contributed by atoms with Crippen molar-refractivity contribution in [2.45, 2.75) is 76.4 Å². The van der Waals surface area contributed by atoms with Gasteiger partial charge in [-0.25, -0.2) is 9.59 Å². The van der Waals surface area contributed by atoms with Gasteiger partial charge in [0.25, 0.3) is 5.56 Å². The number of nitrogens with two attached hydrogens (primary N) is 1. The van der Waals surface area contributed by atoms with Crippen LogP contribution in [-0.2, 0) is 6.54 Å². The van der Waals surface area contributed by atoms with Crippen molar-refractivity contribution < 1.29 is 9.90 Å². The Bertz CT molecular complexity index is 1060. The van der Waals surface area contributed by atoms with Crippen molar-refractivity contribution in [1.82, 2.24) is 18.9 Å². The van der Waals surface area contributed by atoms with E-state index in [4.69, 9.17) is 11.1 Å². The minimum Gasteiger partial charge on any atom is -0.494 e. The van der Waals surface area contributed by atoms with E-state index < -0.39 is 23.0 Å². The molecule has 2 amide bonds. The number of amides is 2. The summed E-state index contributed by atoms with van der Waals surface area (Å²) in [6.07, 6.45) is 6.49. The first-order chi connectivity index (χ1) is 15.1. The molecule has 3 aliphatic rings. The van der Waals surface area contributed by atoms with Gasteiger partial charge in [0, 0.05) is 33.2 Å². The molecule has 1 aromatic rings. The minimum atomic E-state index is -0.679. The van der Waals surface area contributed by atoms with E-state index in [2.05, 4.69) is 0 Å². The lowest BCUT2D eigenvalue weighted by Gasteiger charge is -2.59. The highest BCUT2D eigenvalue weighted by molar-refractivity contribution is 5.96. The topological polar surface area (TPSA) is 138 Å². The molecule has 10 heteroatoms. The smallest absolute Gasteiger partial charge is 0.334 e. The summed E-state index contributed by atoms with van der Waals surface area (Å²) in [6.45, 7) is 2.99. The third kappa shape index (κ3) is 3.22. The fourth-order valence-electron chi connectivity index (χ4n) is 6.33. The number of hydrogen-bond donors (Lipinski definition) is 3. The predicted molar refractivity (Wildman–Crippen MR) is 120 cm³/mol. The second kappa shape index (κ2) is 7.67. The lowest BCUT2D eigenvalue weighted by Crippen LogP contribution is -2.61. The highest BCUT2D eigenvalue weighted by Crippen LogP contribution is 2.61. The molecule has 0 unspecified atom stereocenters. The number of nitrogens with one attached hydrogen (secondary N) is 1. The minimum absolute atomic E-state index is 0.0635. The largest absolute Gasteiger partial charge is 0.494 e. The molecule has 2 spiro atoms. The zero-order chi connectivity index (χ0) is 23.4. The van der Waals surface area contributed by atoms with Crippen LogP contribution in [-0.4, -0.2) is 62.1 Å². The first-order valence-electron chi connectivity index (χ1n) is 11.5. The van der Waals surface area contributed by atoms with Crippen LogP contribution in [0.3, 0.4) is 0 Å². The van der Waals surface area contributed by atoms with Gasteiger partial charge in [0.05, 0.1) is 5.54 Å². The number of carbonyl (C=O) groups excluding carboxylic acids is 1. The van der Waals surface area contributed by atoms with Crippen molar-refractivity contribution in [3.63, 3.8) is 0 Å². The van der Waals surface area contributed by atoms with Crippen LogP contribution in [0.25, 0.3) is 0 Å². The number of nitrogen functional groups attached to an aromatic ring is 1. The fraction of sp³-hybridized carbons (Fsp3) is 0.727. The molecule has 2 heterocycles. The maximum absolute atomic E-state index is 13.2. The second-order valence-corrected chi connectivity index (χ2v) is 10.1. The number of amidine groups is 1. The molecule has 0 atom stereocenters. The molecule has 1 aromatic heterocycles. The van der Waals surface area contributed by atoms with Gasteiger partial charge in [0.1, 0.15) is 11.4 Å². The third-order valence-corrected chi connectivity index (χ3v) is 8.00. The van der Waals surface area contributed by atoms with E-state index in [0.717, 1.165) is 38.6 Å². The Hall–Kier alpha value is -2.78. The monoisotopic (exact) mass is 446 g/mol. The molecule has 0 aromatic carbocycles. The van der Waals surface area contributed by atoms with Gasteiger partial charge in [-0.15, -0.1) is 0 Å². The Morgan fingerprint density at radius 3 is 2.31 bits per heavy atom. The maximum atomic E-state index is 13.2. The first kappa shape index (κ1) is 22.4. The van der Waals surface area contributed by atoms with E-state index >= 15 is 0 Å². The molecule has 2 aliphatic carbocycles. The summed E-state index contributed by atoms with van der Waals surface area (Å²) in [4.78, 5) is 42.1. The normalized spacial score (nSPS) is 29.7. The van der Waals surface area contributed by atoms with Gasteiger partial charge in [-0.3, -0.25) is 19.3 Å². The number of hydrogen-bond acceptors (Lipinski definition) is 5. The van der Waals surface area contributed by atoms with Crippen molar-refractivity contribution in [2.75, 3.05) is 20.6 Å². The zero-order valence-corrected chi connectivity index (χ0v) is 19.2. The summed E-state index contributed by atoms with van der Waals surface area (Å²) in [6, 6.07) is -0.220. The number of nitrogens with zero attached hydrogens (tertiary/aromatic N) is 4. The second-order valence-electron chi connectivity index (χ2n) is 10.1. The number of aromatic hydroxyl groups is 1. The molecule has 0 radical (unpaired) electrons. The van der Waals surface area contributed by atoms with Crippen LogP contribution in [0.1, 0.15) is 69.9 Å². The van der Waals surface area contributed by atoms with Crippen LogP contribution in [0.5, 0.6) is 5.88 Å². The van der Waals surface area contributed by atoms with Crippen LogP contribution in [0.2, 0.25) is 0 Å². The number of unbranched alkanes of at least 4 members (excludes halogenated alkanes) is 1. The van der Waals surface area contributed by atoms with Gasteiger partial charge in [0.15, 0.2) is 0 Å². The van der Waals surface area contributed by atoms with Crippen LogP contribution in [0.15, 0.2) is 9.59 Å². The molecule has 4 rings (SSSR count). The van der Waals surface area contributed by atoms with Gasteiger partial charge in [-0.05, 0) is 50.4 Å². The molecular weight excluding hydrogens is 412 g/mol. The van der Waals surface area contributed by atoms with Crippen LogP contribution in [0.4, 0.5) is 4.79 Å². The fourth-order valence-corrected chi connectivity index (χ4v) is 6.33. The van der Waals surface area contributed by atoms with Crippen molar-refractivity contribution >= 4 is 11.9 Å². The summed E-state index contributed by atoms with van der Waals surface area (Å²) in [5.74, 6) is -1.04. The van der Waals surface area contributed by atoms with Gasteiger partial charge >= 0.3 is 11.7 Å². The molecule has 0 bridgehead atoms.